The minimum absolute atomic E-state index is 0.588. The molecule has 2 rings (SSSR count). The average molecular weight is 258 g/mol. The van der Waals surface area contributed by atoms with Crippen LogP contribution in [0.3, 0.4) is 0 Å². The smallest absolute Gasteiger partial charge is 0.121 e. The molecule has 1 heterocycles. The van der Waals surface area contributed by atoms with Crippen molar-refractivity contribution < 1.29 is 4.74 Å². The molecular weight excluding hydrogens is 236 g/mol. The topological polar surface area (TPSA) is 34.1 Å². The molecule has 1 aromatic heterocycles. The van der Waals surface area contributed by atoms with Gasteiger partial charge in [0, 0.05) is 23.7 Å². The fourth-order valence-electron chi connectivity index (χ4n) is 2.02. The summed E-state index contributed by atoms with van der Waals surface area (Å²) >= 11 is 0. The average Bonchev–Trinajstić information content (AvgIpc) is 2.46. The Balaban J connectivity index is 1.78. The lowest BCUT2D eigenvalue weighted by molar-refractivity contribution is 0.302. The third-order valence-corrected chi connectivity index (χ3v) is 3.37. The van der Waals surface area contributed by atoms with Gasteiger partial charge in [0.05, 0.1) is 12.1 Å². The van der Waals surface area contributed by atoms with E-state index >= 15 is 0 Å². The largest absolute Gasteiger partial charge is 0.494 e. The second kappa shape index (κ2) is 7.10. The summed E-state index contributed by atoms with van der Waals surface area (Å²) in [5.41, 5.74) is 0.990. The van der Waals surface area contributed by atoms with Crippen molar-refractivity contribution in [2.45, 2.75) is 32.2 Å². The minimum Gasteiger partial charge on any atom is -0.494 e. The van der Waals surface area contributed by atoms with Crippen LogP contribution >= 0.6 is 0 Å². The van der Waals surface area contributed by atoms with Crippen molar-refractivity contribution in [3.05, 3.63) is 36.5 Å². The van der Waals surface area contributed by atoms with Crippen molar-refractivity contribution in [2.24, 2.45) is 0 Å². The van der Waals surface area contributed by atoms with E-state index in [0.717, 1.165) is 29.7 Å². The Morgan fingerprint density at radius 3 is 3.00 bits per heavy atom. The van der Waals surface area contributed by atoms with Crippen LogP contribution in [-0.4, -0.2) is 24.7 Å². The summed E-state index contributed by atoms with van der Waals surface area (Å²) in [7, 11) is 2.00. The number of aromatic nitrogens is 1. The van der Waals surface area contributed by atoms with Crippen molar-refractivity contribution >= 4 is 10.9 Å². The summed E-state index contributed by atoms with van der Waals surface area (Å²) < 4.78 is 5.77. The number of unbranched alkanes of at least 4 members (excludes halogenated alkanes) is 1. The number of hydrogen-bond acceptors (Lipinski definition) is 3. The van der Waals surface area contributed by atoms with Gasteiger partial charge in [-0.2, -0.15) is 0 Å². The summed E-state index contributed by atoms with van der Waals surface area (Å²) in [4.78, 5) is 4.33. The molecule has 0 fully saturated rings. The van der Waals surface area contributed by atoms with Crippen LogP contribution in [0, 0.1) is 0 Å². The Hall–Kier alpha value is -1.61. The van der Waals surface area contributed by atoms with Gasteiger partial charge in [0.2, 0.25) is 0 Å². The van der Waals surface area contributed by atoms with Gasteiger partial charge in [0.15, 0.2) is 0 Å². The molecule has 0 spiro atoms. The zero-order valence-electron chi connectivity index (χ0n) is 11.7. The molecule has 0 bridgehead atoms. The highest BCUT2D eigenvalue weighted by molar-refractivity contribution is 5.79. The molecule has 0 saturated carbocycles. The number of nitrogens with zero attached hydrogens (tertiary/aromatic N) is 1. The maximum Gasteiger partial charge on any atom is 0.121 e. The number of rotatable bonds is 7. The maximum atomic E-state index is 5.77. The van der Waals surface area contributed by atoms with Crippen LogP contribution in [0.1, 0.15) is 26.2 Å². The van der Waals surface area contributed by atoms with Crippen molar-refractivity contribution in [1.82, 2.24) is 10.3 Å². The predicted octanol–water partition coefficient (Wildman–Crippen LogP) is 3.39. The van der Waals surface area contributed by atoms with E-state index in [9.17, 15) is 0 Å². The predicted molar refractivity (Wildman–Crippen MR) is 79.6 cm³/mol. The van der Waals surface area contributed by atoms with E-state index in [2.05, 4.69) is 29.4 Å². The number of fused-ring (bicyclic) bond motifs is 1. The summed E-state index contributed by atoms with van der Waals surface area (Å²) in [5, 5.41) is 4.40. The summed E-state index contributed by atoms with van der Waals surface area (Å²) in [6.07, 6.45) is 5.28. The second-order valence-corrected chi connectivity index (χ2v) is 4.89. The first-order valence-electron chi connectivity index (χ1n) is 6.94. The molecule has 0 saturated heterocycles. The molecule has 0 radical (unpaired) electrons. The highest BCUT2D eigenvalue weighted by Gasteiger charge is 2.00. The standard InChI is InChI=1S/C16H22N2O/c1-13(17-2)6-3-4-11-19-15-9-8-14-7-5-10-18-16(14)12-15/h5,7-10,12-13,17H,3-4,6,11H2,1-2H3. The Kier molecular flexibility index (Phi) is 5.16. The molecule has 0 aliphatic heterocycles. The summed E-state index contributed by atoms with van der Waals surface area (Å²) in [6.45, 7) is 2.98. The molecular formula is C16H22N2O. The van der Waals surface area contributed by atoms with Gasteiger partial charge >= 0.3 is 0 Å². The van der Waals surface area contributed by atoms with E-state index in [1.807, 2.05) is 31.4 Å². The molecule has 3 heteroatoms. The van der Waals surface area contributed by atoms with E-state index in [4.69, 9.17) is 4.74 Å². The normalized spacial score (nSPS) is 12.5. The van der Waals surface area contributed by atoms with E-state index in [0.29, 0.717) is 6.04 Å². The molecule has 0 amide bonds. The van der Waals surface area contributed by atoms with Gasteiger partial charge in [-0.05, 0) is 51.4 Å². The van der Waals surface area contributed by atoms with Gasteiger partial charge < -0.3 is 10.1 Å². The summed E-state index contributed by atoms with van der Waals surface area (Å²) in [6, 6.07) is 10.7. The van der Waals surface area contributed by atoms with Crippen molar-refractivity contribution in [1.29, 1.82) is 0 Å². The molecule has 19 heavy (non-hydrogen) atoms. The zero-order valence-corrected chi connectivity index (χ0v) is 11.7. The Morgan fingerprint density at radius 1 is 1.26 bits per heavy atom. The first kappa shape index (κ1) is 13.8. The fourth-order valence-corrected chi connectivity index (χ4v) is 2.02. The van der Waals surface area contributed by atoms with E-state index < -0.39 is 0 Å². The Bertz CT molecular complexity index is 513. The van der Waals surface area contributed by atoms with Gasteiger partial charge in [-0.25, -0.2) is 0 Å². The molecule has 1 atom stereocenters. The second-order valence-electron chi connectivity index (χ2n) is 4.89. The van der Waals surface area contributed by atoms with Gasteiger partial charge in [-0.15, -0.1) is 0 Å². The van der Waals surface area contributed by atoms with Gasteiger partial charge in [0.25, 0.3) is 0 Å². The third-order valence-electron chi connectivity index (χ3n) is 3.37. The van der Waals surface area contributed by atoms with Crippen molar-refractivity contribution in [3.8, 4) is 5.75 Å². The molecule has 102 valence electrons. The number of hydrogen-bond donors (Lipinski definition) is 1. The highest BCUT2D eigenvalue weighted by atomic mass is 16.5. The van der Waals surface area contributed by atoms with Crippen LogP contribution in [0.4, 0.5) is 0 Å². The summed E-state index contributed by atoms with van der Waals surface area (Å²) in [5.74, 6) is 0.910. The molecule has 1 aromatic carbocycles. The molecule has 2 aromatic rings. The van der Waals surface area contributed by atoms with Crippen LogP contribution in [0.15, 0.2) is 36.5 Å². The monoisotopic (exact) mass is 258 g/mol. The van der Waals surface area contributed by atoms with E-state index in [1.165, 1.54) is 12.8 Å². The van der Waals surface area contributed by atoms with Crippen LogP contribution in [0.2, 0.25) is 0 Å². The van der Waals surface area contributed by atoms with Crippen molar-refractivity contribution in [2.75, 3.05) is 13.7 Å². The minimum atomic E-state index is 0.588. The fraction of sp³-hybridized carbons (Fsp3) is 0.438. The lowest BCUT2D eigenvalue weighted by Crippen LogP contribution is -2.20. The molecule has 1 unspecified atom stereocenters. The first-order chi connectivity index (χ1) is 9.29. The van der Waals surface area contributed by atoms with Gasteiger partial charge in [-0.1, -0.05) is 6.07 Å². The molecule has 0 aliphatic rings. The first-order valence-corrected chi connectivity index (χ1v) is 6.94. The highest BCUT2D eigenvalue weighted by Crippen LogP contribution is 2.19. The van der Waals surface area contributed by atoms with Crippen LogP contribution in [0.25, 0.3) is 10.9 Å². The van der Waals surface area contributed by atoms with Crippen LogP contribution in [-0.2, 0) is 0 Å². The Morgan fingerprint density at radius 2 is 2.16 bits per heavy atom. The van der Waals surface area contributed by atoms with Crippen LogP contribution in [0.5, 0.6) is 5.75 Å². The number of nitrogens with one attached hydrogen (secondary N) is 1. The van der Waals surface area contributed by atoms with Crippen molar-refractivity contribution in [3.63, 3.8) is 0 Å². The number of pyridine rings is 1. The molecule has 0 aliphatic carbocycles. The lowest BCUT2D eigenvalue weighted by Gasteiger charge is -2.10. The van der Waals surface area contributed by atoms with E-state index in [1.54, 1.807) is 0 Å². The number of benzene rings is 1. The zero-order chi connectivity index (χ0) is 13.5. The SMILES string of the molecule is CNC(C)CCCCOc1ccc2cccnc2c1. The van der Waals surface area contributed by atoms with Gasteiger partial charge in [0.1, 0.15) is 5.75 Å². The van der Waals surface area contributed by atoms with Crippen LogP contribution < -0.4 is 10.1 Å². The molecule has 1 N–H and O–H groups in total. The van der Waals surface area contributed by atoms with Gasteiger partial charge in [-0.3, -0.25) is 4.98 Å². The lowest BCUT2D eigenvalue weighted by atomic mass is 10.1. The van der Waals surface area contributed by atoms with E-state index in [-0.39, 0.29) is 0 Å². The Labute approximate surface area is 115 Å². The number of ether oxygens (including phenoxy) is 1. The molecule has 3 nitrogen and oxygen atoms in total. The third kappa shape index (κ3) is 4.21. The quantitative estimate of drug-likeness (QED) is 0.773. The maximum absolute atomic E-state index is 5.77.